The second kappa shape index (κ2) is 9.09. The minimum absolute atomic E-state index is 0.0959. The molecule has 23 heavy (non-hydrogen) atoms. The lowest BCUT2D eigenvalue weighted by Gasteiger charge is -2.15. The largest absolute Gasteiger partial charge is 0.376 e. The molecule has 7 heteroatoms. The molecule has 1 unspecified atom stereocenters. The minimum Gasteiger partial charge on any atom is -0.376 e. The predicted octanol–water partition coefficient (Wildman–Crippen LogP) is 2.22. The summed E-state index contributed by atoms with van der Waals surface area (Å²) in [5.41, 5.74) is 1.03. The van der Waals surface area contributed by atoms with Gasteiger partial charge in [0.2, 0.25) is 0 Å². The Kier molecular flexibility index (Phi) is 6.80. The second-order valence-corrected chi connectivity index (χ2v) is 5.53. The second-order valence-electron chi connectivity index (χ2n) is 5.53. The van der Waals surface area contributed by atoms with E-state index in [1.807, 2.05) is 0 Å². The number of guanidine groups is 1. The SMILES string of the molecule is CCCNC(=NCc1ccc([N+](=O)[O-])cc1)NCC1CCCO1. The van der Waals surface area contributed by atoms with Crippen LogP contribution in [0.25, 0.3) is 0 Å². The molecule has 0 radical (unpaired) electrons. The maximum absolute atomic E-state index is 10.7. The maximum atomic E-state index is 10.7. The lowest BCUT2D eigenvalue weighted by Crippen LogP contribution is -2.41. The van der Waals surface area contributed by atoms with Crippen molar-refractivity contribution in [2.24, 2.45) is 4.99 Å². The molecule has 0 saturated carbocycles. The zero-order chi connectivity index (χ0) is 16.5. The maximum Gasteiger partial charge on any atom is 0.269 e. The van der Waals surface area contributed by atoms with Gasteiger partial charge >= 0.3 is 0 Å². The van der Waals surface area contributed by atoms with Gasteiger partial charge in [0.1, 0.15) is 0 Å². The standard InChI is InChI=1S/C16H24N4O3/c1-2-9-17-16(19-12-15-4-3-10-23-15)18-11-13-5-7-14(8-6-13)20(21)22/h5-8,15H,2-4,9-12H2,1H3,(H2,17,18,19). The van der Waals surface area contributed by atoms with Crippen LogP contribution < -0.4 is 10.6 Å². The van der Waals surface area contributed by atoms with Gasteiger partial charge in [-0.3, -0.25) is 10.1 Å². The Hall–Kier alpha value is -2.15. The van der Waals surface area contributed by atoms with E-state index in [-0.39, 0.29) is 11.8 Å². The summed E-state index contributed by atoms with van der Waals surface area (Å²) >= 11 is 0. The normalized spacial score (nSPS) is 18.0. The van der Waals surface area contributed by atoms with Gasteiger partial charge in [-0.05, 0) is 24.8 Å². The highest BCUT2D eigenvalue weighted by Crippen LogP contribution is 2.13. The van der Waals surface area contributed by atoms with Gasteiger partial charge in [-0.1, -0.05) is 19.1 Å². The van der Waals surface area contributed by atoms with E-state index in [1.165, 1.54) is 12.1 Å². The van der Waals surface area contributed by atoms with Crippen molar-refractivity contribution >= 4 is 11.6 Å². The van der Waals surface area contributed by atoms with Gasteiger partial charge in [0.25, 0.3) is 5.69 Å². The monoisotopic (exact) mass is 320 g/mol. The lowest BCUT2D eigenvalue weighted by atomic mass is 10.2. The van der Waals surface area contributed by atoms with Crippen molar-refractivity contribution in [2.45, 2.75) is 38.8 Å². The lowest BCUT2D eigenvalue weighted by molar-refractivity contribution is -0.384. The molecule has 0 aromatic heterocycles. The number of nitrogens with zero attached hydrogens (tertiary/aromatic N) is 2. The van der Waals surface area contributed by atoms with Crippen molar-refractivity contribution in [3.63, 3.8) is 0 Å². The molecular weight excluding hydrogens is 296 g/mol. The molecule has 0 aliphatic carbocycles. The first-order valence-corrected chi connectivity index (χ1v) is 8.06. The molecule has 1 aliphatic rings. The summed E-state index contributed by atoms with van der Waals surface area (Å²) in [4.78, 5) is 14.8. The number of ether oxygens (including phenoxy) is 1. The number of nitrogens with one attached hydrogen (secondary N) is 2. The Morgan fingerprint density at radius 2 is 2.17 bits per heavy atom. The van der Waals surface area contributed by atoms with E-state index in [2.05, 4.69) is 22.5 Å². The van der Waals surface area contributed by atoms with Gasteiger partial charge in [0.15, 0.2) is 5.96 Å². The molecular formula is C16H24N4O3. The van der Waals surface area contributed by atoms with Gasteiger partial charge in [0.05, 0.1) is 17.6 Å². The van der Waals surface area contributed by atoms with Crippen LogP contribution in [-0.4, -0.2) is 36.7 Å². The number of benzene rings is 1. The molecule has 2 rings (SSSR count). The van der Waals surface area contributed by atoms with E-state index < -0.39 is 4.92 Å². The fraction of sp³-hybridized carbons (Fsp3) is 0.562. The molecule has 0 spiro atoms. The van der Waals surface area contributed by atoms with Gasteiger partial charge < -0.3 is 15.4 Å². The third-order valence-electron chi connectivity index (χ3n) is 3.63. The third-order valence-corrected chi connectivity index (χ3v) is 3.63. The first-order valence-electron chi connectivity index (χ1n) is 8.06. The highest BCUT2D eigenvalue weighted by Gasteiger charge is 2.15. The number of hydrogen-bond donors (Lipinski definition) is 2. The molecule has 0 bridgehead atoms. The zero-order valence-corrected chi connectivity index (χ0v) is 13.5. The Morgan fingerprint density at radius 1 is 1.39 bits per heavy atom. The van der Waals surface area contributed by atoms with Gasteiger partial charge in [-0.15, -0.1) is 0 Å². The minimum atomic E-state index is -0.398. The number of hydrogen-bond acceptors (Lipinski definition) is 4. The predicted molar refractivity (Wildman–Crippen MR) is 89.5 cm³/mol. The van der Waals surface area contributed by atoms with Crippen LogP contribution in [0.3, 0.4) is 0 Å². The molecule has 0 amide bonds. The molecule has 1 heterocycles. The van der Waals surface area contributed by atoms with E-state index in [1.54, 1.807) is 12.1 Å². The van der Waals surface area contributed by atoms with E-state index in [4.69, 9.17) is 4.74 Å². The van der Waals surface area contributed by atoms with Crippen molar-refractivity contribution in [1.82, 2.24) is 10.6 Å². The van der Waals surface area contributed by atoms with Gasteiger partial charge in [-0.25, -0.2) is 4.99 Å². The molecule has 1 saturated heterocycles. The highest BCUT2D eigenvalue weighted by atomic mass is 16.6. The van der Waals surface area contributed by atoms with Crippen LogP contribution in [0.1, 0.15) is 31.7 Å². The van der Waals surface area contributed by atoms with Crippen molar-refractivity contribution in [2.75, 3.05) is 19.7 Å². The van der Waals surface area contributed by atoms with E-state index in [9.17, 15) is 10.1 Å². The van der Waals surface area contributed by atoms with Crippen LogP contribution >= 0.6 is 0 Å². The summed E-state index contributed by atoms with van der Waals surface area (Å²) in [6, 6.07) is 6.48. The summed E-state index contributed by atoms with van der Waals surface area (Å²) in [5, 5.41) is 17.2. The zero-order valence-electron chi connectivity index (χ0n) is 13.5. The Morgan fingerprint density at radius 3 is 2.78 bits per heavy atom. The molecule has 1 aromatic carbocycles. The average Bonchev–Trinajstić information content (AvgIpc) is 3.08. The number of nitro benzene ring substituents is 1. The average molecular weight is 320 g/mol. The molecule has 1 atom stereocenters. The first kappa shape index (κ1) is 17.2. The molecule has 1 fully saturated rings. The third kappa shape index (κ3) is 5.86. The Labute approximate surface area is 136 Å². The van der Waals surface area contributed by atoms with E-state index in [0.717, 1.165) is 50.5 Å². The molecule has 1 aromatic rings. The smallest absolute Gasteiger partial charge is 0.269 e. The Balaban J connectivity index is 1.90. The van der Waals surface area contributed by atoms with Crippen molar-refractivity contribution in [3.8, 4) is 0 Å². The topological polar surface area (TPSA) is 88.8 Å². The van der Waals surface area contributed by atoms with Crippen LogP contribution in [-0.2, 0) is 11.3 Å². The molecule has 2 N–H and O–H groups in total. The highest BCUT2D eigenvalue weighted by molar-refractivity contribution is 5.79. The Bertz CT molecular complexity index is 525. The van der Waals surface area contributed by atoms with Gasteiger partial charge in [0, 0.05) is 31.8 Å². The summed E-state index contributed by atoms with van der Waals surface area (Å²) in [6.45, 7) is 5.00. The van der Waals surface area contributed by atoms with E-state index in [0.29, 0.717) is 6.54 Å². The quantitative estimate of drug-likeness (QED) is 0.348. The fourth-order valence-corrected chi connectivity index (χ4v) is 2.33. The van der Waals surface area contributed by atoms with Crippen LogP contribution in [0.5, 0.6) is 0 Å². The van der Waals surface area contributed by atoms with Crippen LogP contribution in [0.15, 0.2) is 29.3 Å². The molecule has 1 aliphatic heterocycles. The van der Waals surface area contributed by atoms with E-state index >= 15 is 0 Å². The summed E-state index contributed by atoms with van der Waals surface area (Å²) in [7, 11) is 0. The fourth-order valence-electron chi connectivity index (χ4n) is 2.33. The number of aliphatic imine (C=N–C) groups is 1. The van der Waals surface area contributed by atoms with Crippen LogP contribution in [0.2, 0.25) is 0 Å². The summed E-state index contributed by atoms with van der Waals surface area (Å²) < 4.78 is 5.60. The number of nitro groups is 1. The van der Waals surface area contributed by atoms with Crippen molar-refractivity contribution < 1.29 is 9.66 Å². The number of rotatable bonds is 7. The van der Waals surface area contributed by atoms with Gasteiger partial charge in [-0.2, -0.15) is 0 Å². The van der Waals surface area contributed by atoms with Crippen LogP contribution in [0, 0.1) is 10.1 Å². The molecule has 7 nitrogen and oxygen atoms in total. The first-order chi connectivity index (χ1) is 11.2. The summed E-state index contributed by atoms with van der Waals surface area (Å²) in [5.74, 6) is 0.751. The van der Waals surface area contributed by atoms with Crippen molar-refractivity contribution in [3.05, 3.63) is 39.9 Å². The molecule has 126 valence electrons. The van der Waals surface area contributed by atoms with Crippen LogP contribution in [0.4, 0.5) is 5.69 Å². The van der Waals surface area contributed by atoms with Crippen molar-refractivity contribution in [1.29, 1.82) is 0 Å². The number of non-ortho nitro benzene ring substituents is 1. The summed E-state index contributed by atoms with van der Waals surface area (Å²) in [6.07, 6.45) is 3.46.